The zero-order valence-corrected chi connectivity index (χ0v) is 14.9. The quantitative estimate of drug-likeness (QED) is 0.464. The summed E-state index contributed by atoms with van der Waals surface area (Å²) in [5, 5.41) is 1.69. The molecule has 0 atom stereocenters. The Labute approximate surface area is 151 Å². The van der Waals surface area contributed by atoms with Crippen molar-refractivity contribution in [2.24, 2.45) is 4.99 Å². The van der Waals surface area contributed by atoms with Gasteiger partial charge in [-0.25, -0.2) is 4.98 Å². The average Bonchev–Trinajstić information content (AvgIpc) is 2.60. The molecule has 2 aliphatic rings. The maximum Gasteiger partial charge on any atom is 0.0879 e. The molecule has 2 aromatic rings. The number of rotatable bonds is 2. The van der Waals surface area contributed by atoms with Crippen LogP contribution >= 0.6 is 11.6 Å². The van der Waals surface area contributed by atoms with E-state index in [1.807, 2.05) is 54.6 Å². The lowest BCUT2D eigenvalue weighted by molar-refractivity contribution is 0.805. The highest BCUT2D eigenvalue weighted by Crippen LogP contribution is 2.28. The van der Waals surface area contributed by atoms with Crippen molar-refractivity contribution in [3.63, 3.8) is 0 Å². The first-order valence-corrected chi connectivity index (χ1v) is 8.71. The Morgan fingerprint density at radius 2 is 1.72 bits per heavy atom. The van der Waals surface area contributed by atoms with E-state index in [1.54, 1.807) is 0 Å². The molecule has 1 heterocycles. The molecular weight excluding hydrogens is 330 g/mol. The number of nitrogens with zero attached hydrogens (tertiary/aromatic N) is 3. The van der Waals surface area contributed by atoms with Gasteiger partial charge >= 0.3 is 0 Å². The Bertz CT molecular complexity index is 1080. The van der Waals surface area contributed by atoms with E-state index in [4.69, 9.17) is 16.6 Å². The van der Waals surface area contributed by atoms with Crippen molar-refractivity contribution >= 4 is 22.6 Å². The van der Waals surface area contributed by atoms with Crippen molar-refractivity contribution in [1.82, 2.24) is 9.55 Å². The second-order valence-electron chi connectivity index (χ2n) is 6.31. The third-order valence-corrected chi connectivity index (χ3v) is 4.31. The molecule has 4 heteroatoms. The van der Waals surface area contributed by atoms with Crippen LogP contribution < -0.4 is 5.36 Å². The molecule has 2 aromatic carbocycles. The molecule has 0 amide bonds. The highest BCUT2D eigenvalue weighted by atomic mass is 35.5. The van der Waals surface area contributed by atoms with Crippen LogP contribution in [0.5, 0.6) is 0 Å². The highest BCUT2D eigenvalue weighted by molar-refractivity contribution is 6.30. The second-order valence-corrected chi connectivity index (χ2v) is 6.74. The van der Waals surface area contributed by atoms with Gasteiger partial charge in [0, 0.05) is 16.8 Å². The van der Waals surface area contributed by atoms with E-state index in [0.29, 0.717) is 0 Å². The van der Waals surface area contributed by atoms with Gasteiger partial charge in [0.15, 0.2) is 0 Å². The molecule has 1 aliphatic carbocycles. The molecule has 0 saturated carbocycles. The Morgan fingerprint density at radius 3 is 2.48 bits per heavy atom. The molecule has 0 radical (unpaired) electrons. The van der Waals surface area contributed by atoms with Crippen LogP contribution in [0.1, 0.15) is 13.8 Å². The number of hydrogen-bond acceptors (Lipinski definition) is 2. The fourth-order valence-electron chi connectivity index (χ4n) is 3.04. The molecule has 4 rings (SSSR count). The first-order chi connectivity index (χ1) is 12.1. The summed E-state index contributed by atoms with van der Waals surface area (Å²) in [5.41, 5.74) is 5.03. The van der Waals surface area contributed by atoms with E-state index in [1.165, 1.54) is 0 Å². The molecule has 0 spiro atoms. The molecule has 124 valence electrons. The van der Waals surface area contributed by atoms with Gasteiger partial charge in [-0.2, -0.15) is 0 Å². The molecule has 0 saturated heterocycles. The lowest BCUT2D eigenvalue weighted by atomic mass is 10.1. The predicted molar refractivity (Wildman–Crippen MR) is 103 cm³/mol. The van der Waals surface area contributed by atoms with Gasteiger partial charge in [-0.3, -0.25) is 4.99 Å². The third-order valence-electron chi connectivity index (χ3n) is 4.06. The van der Waals surface area contributed by atoms with Crippen LogP contribution in [-0.2, 0) is 0 Å². The Kier molecular flexibility index (Phi) is 4.02. The van der Waals surface area contributed by atoms with Crippen LogP contribution in [0.4, 0.5) is 0 Å². The average molecular weight is 348 g/mol. The van der Waals surface area contributed by atoms with E-state index in [2.05, 4.69) is 35.5 Å². The molecule has 0 N–H and O–H groups in total. The number of aromatic nitrogens is 2. The van der Waals surface area contributed by atoms with E-state index in [0.717, 1.165) is 38.5 Å². The monoisotopic (exact) mass is 347 g/mol. The SMILES string of the molecule is CC(C)/N=c1\ccc2nc3ccccc3n(-c3ccc(Cl)cc3)c-2c1. The second kappa shape index (κ2) is 6.34. The first-order valence-electron chi connectivity index (χ1n) is 8.33. The molecule has 0 bridgehead atoms. The van der Waals surface area contributed by atoms with Gasteiger partial charge in [-0.1, -0.05) is 23.7 Å². The van der Waals surface area contributed by atoms with Crippen LogP contribution in [0.25, 0.3) is 28.1 Å². The molecule has 0 aromatic heterocycles. The molecular formula is C21H18ClN3. The number of benzene rings is 3. The minimum atomic E-state index is 0.245. The smallest absolute Gasteiger partial charge is 0.0879 e. The predicted octanol–water partition coefficient (Wildman–Crippen LogP) is 5.09. The summed E-state index contributed by atoms with van der Waals surface area (Å²) in [6.45, 7) is 4.16. The van der Waals surface area contributed by atoms with Crippen molar-refractivity contribution in [1.29, 1.82) is 0 Å². The van der Waals surface area contributed by atoms with Gasteiger partial charge in [0.1, 0.15) is 0 Å². The summed E-state index contributed by atoms with van der Waals surface area (Å²) in [6.07, 6.45) is 0. The normalized spacial score (nSPS) is 12.4. The molecule has 3 nitrogen and oxygen atoms in total. The summed E-state index contributed by atoms with van der Waals surface area (Å²) in [5.74, 6) is 0. The molecule has 0 fully saturated rings. The zero-order valence-electron chi connectivity index (χ0n) is 14.1. The maximum absolute atomic E-state index is 6.08. The van der Waals surface area contributed by atoms with Crippen molar-refractivity contribution in [3.8, 4) is 17.1 Å². The fourth-order valence-corrected chi connectivity index (χ4v) is 3.17. The number of halogens is 1. The maximum atomic E-state index is 6.08. The largest absolute Gasteiger partial charge is 0.306 e. The standard InChI is InChI=1S/C21H18ClN3/c1-14(2)23-16-9-12-19-21(13-16)25(17-10-7-15(22)8-11-17)20-6-4-3-5-18(20)24-19/h3-14H,1-2H3/b23-16+. The van der Waals surface area contributed by atoms with Crippen molar-refractivity contribution in [3.05, 3.63) is 77.1 Å². The minimum absolute atomic E-state index is 0.245. The minimum Gasteiger partial charge on any atom is -0.306 e. The van der Waals surface area contributed by atoms with Gasteiger partial charge < -0.3 is 4.57 Å². The summed E-state index contributed by atoms with van der Waals surface area (Å²) in [7, 11) is 0. The molecule has 1 aliphatic heterocycles. The van der Waals surface area contributed by atoms with E-state index < -0.39 is 0 Å². The summed E-state index contributed by atoms with van der Waals surface area (Å²) in [6, 6.07) is 22.4. The lowest BCUT2D eigenvalue weighted by Crippen LogP contribution is -2.12. The number of para-hydroxylation sites is 2. The van der Waals surface area contributed by atoms with Crippen molar-refractivity contribution in [2.45, 2.75) is 19.9 Å². The van der Waals surface area contributed by atoms with E-state index in [9.17, 15) is 0 Å². The number of fused-ring (bicyclic) bond motifs is 2. The van der Waals surface area contributed by atoms with Gasteiger partial charge in [0.2, 0.25) is 0 Å². The summed E-state index contributed by atoms with van der Waals surface area (Å²) in [4.78, 5) is 9.49. The summed E-state index contributed by atoms with van der Waals surface area (Å²) >= 11 is 6.08. The van der Waals surface area contributed by atoms with Gasteiger partial charge in [-0.15, -0.1) is 0 Å². The van der Waals surface area contributed by atoms with Crippen molar-refractivity contribution < 1.29 is 0 Å². The number of hydrogen-bond donors (Lipinski definition) is 0. The van der Waals surface area contributed by atoms with Crippen molar-refractivity contribution in [2.75, 3.05) is 0 Å². The van der Waals surface area contributed by atoms with E-state index in [-0.39, 0.29) is 6.04 Å². The first kappa shape index (κ1) is 15.9. The highest BCUT2D eigenvalue weighted by Gasteiger charge is 2.13. The summed E-state index contributed by atoms with van der Waals surface area (Å²) < 4.78 is 2.22. The van der Waals surface area contributed by atoms with Crippen LogP contribution in [0.2, 0.25) is 5.02 Å². The van der Waals surface area contributed by atoms with Gasteiger partial charge in [-0.05, 0) is 68.4 Å². The Hall–Kier alpha value is -2.65. The topological polar surface area (TPSA) is 30.2 Å². The Balaban J connectivity index is 2.12. The zero-order chi connectivity index (χ0) is 17.4. The van der Waals surface area contributed by atoms with E-state index >= 15 is 0 Å². The van der Waals surface area contributed by atoms with Crippen LogP contribution in [0, 0.1) is 0 Å². The lowest BCUT2D eigenvalue weighted by Gasteiger charge is -2.18. The van der Waals surface area contributed by atoms with Crippen LogP contribution in [0.3, 0.4) is 0 Å². The van der Waals surface area contributed by atoms with Crippen LogP contribution in [0.15, 0.2) is 71.7 Å². The fraction of sp³-hybridized carbons (Fsp3) is 0.143. The third kappa shape index (κ3) is 3.03. The van der Waals surface area contributed by atoms with Crippen LogP contribution in [-0.4, -0.2) is 15.6 Å². The molecule has 25 heavy (non-hydrogen) atoms. The molecule has 0 unspecified atom stereocenters. The van der Waals surface area contributed by atoms with Gasteiger partial charge in [0.25, 0.3) is 0 Å². The Morgan fingerprint density at radius 1 is 0.960 bits per heavy atom. The van der Waals surface area contributed by atoms with Gasteiger partial charge in [0.05, 0.1) is 27.8 Å².